The second kappa shape index (κ2) is 8.49. The van der Waals surface area contributed by atoms with Crippen LogP contribution in [0.5, 0.6) is 0 Å². The minimum atomic E-state index is 0.203. The van der Waals surface area contributed by atoms with Gasteiger partial charge >= 0.3 is 0 Å². The van der Waals surface area contributed by atoms with E-state index in [4.69, 9.17) is 0 Å². The Bertz CT molecular complexity index is 486. The summed E-state index contributed by atoms with van der Waals surface area (Å²) in [5, 5.41) is 3.53. The first-order valence-corrected chi connectivity index (χ1v) is 9.05. The largest absolute Gasteiger partial charge is 0.335 e. The molecule has 0 bridgehead atoms. The fraction of sp³-hybridized carbons (Fsp3) is 0.650. The summed E-state index contributed by atoms with van der Waals surface area (Å²) in [6.07, 6.45) is 3.79. The summed E-state index contributed by atoms with van der Waals surface area (Å²) in [6, 6.07) is 10.9. The molecule has 0 radical (unpaired) electrons. The molecule has 0 unspecified atom stereocenters. The van der Waals surface area contributed by atoms with E-state index < -0.39 is 0 Å². The van der Waals surface area contributed by atoms with E-state index in [1.54, 1.807) is 0 Å². The van der Waals surface area contributed by atoms with Gasteiger partial charge in [-0.15, -0.1) is 0 Å². The Kier molecular flexibility index (Phi) is 6.64. The average molecular weight is 316 g/mol. The molecule has 128 valence electrons. The number of rotatable bonds is 6. The van der Waals surface area contributed by atoms with Crippen molar-refractivity contribution in [3.63, 3.8) is 0 Å². The molecule has 0 saturated heterocycles. The van der Waals surface area contributed by atoms with Crippen LogP contribution in [0.2, 0.25) is 0 Å². The van der Waals surface area contributed by atoms with Crippen molar-refractivity contribution in [2.45, 2.75) is 65.6 Å². The highest BCUT2D eigenvalue weighted by Gasteiger charge is 2.27. The van der Waals surface area contributed by atoms with E-state index in [9.17, 15) is 4.79 Å². The van der Waals surface area contributed by atoms with E-state index in [-0.39, 0.29) is 11.9 Å². The maximum atomic E-state index is 12.7. The van der Waals surface area contributed by atoms with Crippen LogP contribution in [0.4, 0.5) is 0 Å². The third kappa shape index (κ3) is 5.07. The van der Waals surface area contributed by atoms with Crippen LogP contribution < -0.4 is 5.32 Å². The number of nitrogens with zero attached hydrogens (tertiary/aromatic N) is 1. The van der Waals surface area contributed by atoms with Crippen LogP contribution in [0.3, 0.4) is 0 Å². The van der Waals surface area contributed by atoms with Gasteiger partial charge in [-0.2, -0.15) is 0 Å². The number of hydrogen-bond donors (Lipinski definition) is 1. The van der Waals surface area contributed by atoms with Crippen LogP contribution in [0.25, 0.3) is 0 Å². The van der Waals surface area contributed by atoms with Gasteiger partial charge in [-0.25, -0.2) is 0 Å². The predicted molar refractivity (Wildman–Crippen MR) is 96.1 cm³/mol. The molecular weight excluding hydrogens is 284 g/mol. The Morgan fingerprint density at radius 1 is 1.22 bits per heavy atom. The lowest BCUT2D eigenvalue weighted by Gasteiger charge is -2.35. The van der Waals surface area contributed by atoms with E-state index >= 15 is 0 Å². The number of carbonyl (C=O) groups is 1. The Labute approximate surface area is 141 Å². The summed E-state index contributed by atoms with van der Waals surface area (Å²) in [5.41, 5.74) is 1.19. The number of carbonyl (C=O) groups excluding carboxylic acids is 1. The molecule has 1 aliphatic carbocycles. The van der Waals surface area contributed by atoms with E-state index in [2.05, 4.69) is 45.1 Å². The zero-order valence-corrected chi connectivity index (χ0v) is 15.1. The SMILES string of the molecule is CC(C)N(Cc1ccccc1)C(=O)CN[C@@H]1CCC[C@@H](C)[C@@H]1C. The Morgan fingerprint density at radius 3 is 2.57 bits per heavy atom. The van der Waals surface area contributed by atoms with Crippen molar-refractivity contribution in [3.8, 4) is 0 Å². The predicted octanol–water partition coefficient (Wildman–Crippen LogP) is 3.84. The van der Waals surface area contributed by atoms with Crippen molar-refractivity contribution in [2.24, 2.45) is 11.8 Å². The molecule has 0 spiro atoms. The summed E-state index contributed by atoms with van der Waals surface area (Å²) in [4.78, 5) is 14.7. The second-order valence-electron chi connectivity index (χ2n) is 7.36. The standard InChI is InChI=1S/C20H32N2O/c1-15(2)22(14-18-10-6-5-7-11-18)20(23)13-21-19-12-8-9-16(3)17(19)4/h5-7,10-11,15-17,19,21H,8-9,12-14H2,1-4H3/t16-,17+,19-/m1/s1. The van der Waals surface area contributed by atoms with Gasteiger partial charge in [0.1, 0.15) is 0 Å². The normalized spacial score (nSPS) is 24.7. The molecule has 1 saturated carbocycles. The molecule has 2 rings (SSSR count). The molecule has 1 aliphatic rings. The maximum Gasteiger partial charge on any atom is 0.237 e. The topological polar surface area (TPSA) is 32.3 Å². The molecule has 1 amide bonds. The molecule has 0 aliphatic heterocycles. The highest BCUT2D eigenvalue weighted by Crippen LogP contribution is 2.29. The minimum absolute atomic E-state index is 0.203. The molecule has 0 heterocycles. The van der Waals surface area contributed by atoms with Crippen molar-refractivity contribution in [1.29, 1.82) is 0 Å². The van der Waals surface area contributed by atoms with Gasteiger partial charge in [0.25, 0.3) is 0 Å². The lowest BCUT2D eigenvalue weighted by atomic mass is 9.78. The average Bonchev–Trinajstić information content (AvgIpc) is 2.54. The first kappa shape index (κ1) is 18.0. The smallest absolute Gasteiger partial charge is 0.237 e. The van der Waals surface area contributed by atoms with Gasteiger partial charge in [-0.1, -0.05) is 57.0 Å². The van der Waals surface area contributed by atoms with Gasteiger partial charge in [-0.3, -0.25) is 4.79 Å². The molecule has 1 aromatic rings. The molecule has 3 heteroatoms. The number of amides is 1. The Morgan fingerprint density at radius 2 is 1.91 bits per heavy atom. The molecular formula is C20H32N2O. The first-order chi connectivity index (χ1) is 11.0. The van der Waals surface area contributed by atoms with Crippen LogP contribution in [-0.4, -0.2) is 29.4 Å². The molecule has 23 heavy (non-hydrogen) atoms. The first-order valence-electron chi connectivity index (χ1n) is 9.05. The van der Waals surface area contributed by atoms with Gasteiger partial charge in [0, 0.05) is 18.6 Å². The zero-order chi connectivity index (χ0) is 16.8. The van der Waals surface area contributed by atoms with E-state index in [1.165, 1.54) is 24.8 Å². The molecule has 1 N–H and O–H groups in total. The zero-order valence-electron chi connectivity index (χ0n) is 15.1. The lowest BCUT2D eigenvalue weighted by Crippen LogP contribution is -2.47. The van der Waals surface area contributed by atoms with Crippen LogP contribution in [0, 0.1) is 11.8 Å². The summed E-state index contributed by atoms with van der Waals surface area (Å²) < 4.78 is 0. The van der Waals surface area contributed by atoms with Gasteiger partial charge in [0.2, 0.25) is 5.91 Å². The monoisotopic (exact) mass is 316 g/mol. The van der Waals surface area contributed by atoms with Gasteiger partial charge in [0.15, 0.2) is 0 Å². The van der Waals surface area contributed by atoms with E-state index in [0.717, 1.165) is 5.92 Å². The van der Waals surface area contributed by atoms with Crippen LogP contribution >= 0.6 is 0 Å². The molecule has 0 aromatic heterocycles. The van der Waals surface area contributed by atoms with Crippen molar-refractivity contribution < 1.29 is 4.79 Å². The van der Waals surface area contributed by atoms with E-state index in [1.807, 2.05) is 23.1 Å². The summed E-state index contributed by atoms with van der Waals surface area (Å²) in [7, 11) is 0. The van der Waals surface area contributed by atoms with Gasteiger partial charge in [0.05, 0.1) is 6.54 Å². The molecule has 1 aromatic carbocycles. The number of hydrogen-bond acceptors (Lipinski definition) is 2. The molecule has 3 atom stereocenters. The van der Waals surface area contributed by atoms with Crippen molar-refractivity contribution in [1.82, 2.24) is 10.2 Å². The Hall–Kier alpha value is -1.35. The summed E-state index contributed by atoms with van der Waals surface area (Å²) in [5.74, 6) is 1.61. The third-order valence-corrected chi connectivity index (χ3v) is 5.36. The van der Waals surface area contributed by atoms with E-state index in [0.29, 0.717) is 25.0 Å². The second-order valence-corrected chi connectivity index (χ2v) is 7.36. The molecule has 3 nitrogen and oxygen atoms in total. The number of nitrogens with one attached hydrogen (secondary N) is 1. The van der Waals surface area contributed by atoms with Crippen molar-refractivity contribution in [3.05, 3.63) is 35.9 Å². The van der Waals surface area contributed by atoms with Crippen LogP contribution in [0.1, 0.15) is 52.5 Å². The van der Waals surface area contributed by atoms with Gasteiger partial charge in [-0.05, 0) is 37.7 Å². The lowest BCUT2D eigenvalue weighted by molar-refractivity contribution is -0.132. The fourth-order valence-corrected chi connectivity index (χ4v) is 3.53. The molecule has 1 fully saturated rings. The third-order valence-electron chi connectivity index (χ3n) is 5.36. The van der Waals surface area contributed by atoms with Crippen molar-refractivity contribution in [2.75, 3.05) is 6.54 Å². The quantitative estimate of drug-likeness (QED) is 0.865. The maximum absolute atomic E-state index is 12.7. The summed E-state index contributed by atoms with van der Waals surface area (Å²) in [6.45, 7) is 9.97. The van der Waals surface area contributed by atoms with Crippen LogP contribution in [-0.2, 0) is 11.3 Å². The summed E-state index contributed by atoms with van der Waals surface area (Å²) >= 11 is 0. The highest BCUT2D eigenvalue weighted by atomic mass is 16.2. The number of benzene rings is 1. The van der Waals surface area contributed by atoms with Crippen molar-refractivity contribution >= 4 is 5.91 Å². The van der Waals surface area contributed by atoms with Crippen LogP contribution in [0.15, 0.2) is 30.3 Å². The Balaban J connectivity index is 1.91. The highest BCUT2D eigenvalue weighted by molar-refractivity contribution is 5.78. The fourth-order valence-electron chi connectivity index (χ4n) is 3.53. The van der Waals surface area contributed by atoms with Gasteiger partial charge < -0.3 is 10.2 Å². The minimum Gasteiger partial charge on any atom is -0.335 e.